The van der Waals surface area contributed by atoms with Crippen LogP contribution in [0.3, 0.4) is 0 Å². The Morgan fingerprint density at radius 3 is 2.61 bits per heavy atom. The summed E-state index contributed by atoms with van der Waals surface area (Å²) in [6, 6.07) is 0. The first-order valence-corrected chi connectivity index (χ1v) is 11.6. The van der Waals surface area contributed by atoms with Gasteiger partial charge in [-0.05, 0) is 57.4 Å². The van der Waals surface area contributed by atoms with Crippen molar-refractivity contribution in [3.8, 4) is 23.6 Å². The maximum absolute atomic E-state index is 12.9. The Morgan fingerprint density at radius 1 is 1.15 bits per heavy atom. The van der Waals surface area contributed by atoms with Crippen molar-refractivity contribution in [2.45, 2.75) is 46.0 Å². The summed E-state index contributed by atoms with van der Waals surface area (Å²) in [5.74, 6) is 3.28. The van der Waals surface area contributed by atoms with Crippen LogP contribution < -0.4 is 0 Å². The van der Waals surface area contributed by atoms with E-state index in [9.17, 15) is 4.79 Å². The highest BCUT2D eigenvalue weighted by molar-refractivity contribution is 6.01. The standard InChI is InChI=1S/C26H28N6O/c1-5-21-27-14-20(16(2)30-21)24-23(22-17(3)28-15-29-25(22)31(24)4)18-8-10-19(11-9-18)26(33)32-12-6-7-13-32/h1,8,14-15,19H,6-7,9-13H2,2-4H3/t19-/m0/s1. The SMILES string of the molecule is C#Cc1ncc(-c2c(C3=CC[C@H](C(=O)N4CCCC4)CC3)c3c(C)ncnc3n2C)c(C)n1. The number of hydrogen-bond donors (Lipinski definition) is 0. The number of amides is 1. The second-order valence-corrected chi connectivity index (χ2v) is 9.01. The van der Waals surface area contributed by atoms with Crippen LogP contribution in [0.4, 0.5) is 0 Å². The van der Waals surface area contributed by atoms with Crippen molar-refractivity contribution in [3.63, 3.8) is 0 Å². The Kier molecular flexibility index (Phi) is 5.45. The highest BCUT2D eigenvalue weighted by Gasteiger charge is 2.30. The van der Waals surface area contributed by atoms with Gasteiger partial charge in [0, 0.05) is 48.8 Å². The fourth-order valence-electron chi connectivity index (χ4n) is 5.28. The van der Waals surface area contributed by atoms with Gasteiger partial charge in [0.25, 0.3) is 0 Å². The zero-order valence-electron chi connectivity index (χ0n) is 19.4. The van der Waals surface area contributed by atoms with E-state index in [1.807, 2.05) is 25.8 Å². The molecular weight excluding hydrogens is 412 g/mol. The molecule has 1 amide bonds. The monoisotopic (exact) mass is 440 g/mol. The molecule has 4 heterocycles. The van der Waals surface area contributed by atoms with Gasteiger partial charge in [0.1, 0.15) is 12.0 Å². The molecule has 1 fully saturated rings. The van der Waals surface area contributed by atoms with E-state index in [0.717, 1.165) is 84.4 Å². The summed E-state index contributed by atoms with van der Waals surface area (Å²) < 4.78 is 2.10. The first-order valence-electron chi connectivity index (χ1n) is 11.6. The van der Waals surface area contributed by atoms with Crippen LogP contribution in [0, 0.1) is 32.1 Å². The summed E-state index contributed by atoms with van der Waals surface area (Å²) in [6.45, 7) is 5.79. The Bertz CT molecular complexity index is 1320. The van der Waals surface area contributed by atoms with E-state index < -0.39 is 0 Å². The maximum Gasteiger partial charge on any atom is 0.226 e. The molecule has 0 saturated carbocycles. The average molecular weight is 441 g/mol. The van der Waals surface area contributed by atoms with Crippen LogP contribution in [0.2, 0.25) is 0 Å². The summed E-state index contributed by atoms with van der Waals surface area (Å²) in [6.07, 6.45) is 15.9. The van der Waals surface area contributed by atoms with Crippen LogP contribution in [-0.2, 0) is 11.8 Å². The topological polar surface area (TPSA) is 76.8 Å². The van der Waals surface area contributed by atoms with Crippen LogP contribution in [0.25, 0.3) is 27.9 Å². The third-order valence-corrected chi connectivity index (χ3v) is 7.02. The van der Waals surface area contributed by atoms with E-state index >= 15 is 0 Å². The molecule has 0 unspecified atom stereocenters. The number of allylic oxidation sites excluding steroid dienone is 2. The Hall–Kier alpha value is -3.53. The van der Waals surface area contributed by atoms with Crippen molar-refractivity contribution in [3.05, 3.63) is 41.4 Å². The normalized spacial score (nSPS) is 18.4. The van der Waals surface area contributed by atoms with Gasteiger partial charge in [-0.15, -0.1) is 6.42 Å². The van der Waals surface area contributed by atoms with Crippen molar-refractivity contribution in [1.29, 1.82) is 0 Å². The molecule has 2 aliphatic rings. The van der Waals surface area contributed by atoms with Crippen LogP contribution in [-0.4, -0.2) is 48.4 Å². The molecule has 5 rings (SSSR count). The molecule has 0 aromatic carbocycles. The number of rotatable bonds is 3. The molecule has 3 aromatic heterocycles. The largest absolute Gasteiger partial charge is 0.342 e. The number of nitrogens with zero attached hydrogens (tertiary/aromatic N) is 6. The van der Waals surface area contributed by atoms with Crippen molar-refractivity contribution >= 4 is 22.5 Å². The molecule has 1 saturated heterocycles. The number of hydrogen-bond acceptors (Lipinski definition) is 5. The van der Waals surface area contributed by atoms with E-state index in [2.05, 4.69) is 36.5 Å². The molecule has 0 radical (unpaired) electrons. The van der Waals surface area contributed by atoms with Crippen molar-refractivity contribution < 1.29 is 4.79 Å². The molecule has 1 aliphatic heterocycles. The van der Waals surface area contributed by atoms with Gasteiger partial charge >= 0.3 is 0 Å². The van der Waals surface area contributed by atoms with Gasteiger partial charge in [-0.3, -0.25) is 4.79 Å². The van der Waals surface area contributed by atoms with Gasteiger partial charge in [0.05, 0.1) is 17.1 Å². The molecule has 168 valence electrons. The molecule has 3 aromatic rings. The molecular formula is C26H28N6O. The second-order valence-electron chi connectivity index (χ2n) is 9.01. The Morgan fingerprint density at radius 2 is 1.94 bits per heavy atom. The number of carbonyl (C=O) groups is 1. The van der Waals surface area contributed by atoms with Crippen LogP contribution in [0.5, 0.6) is 0 Å². The zero-order valence-corrected chi connectivity index (χ0v) is 19.4. The number of terminal acetylenes is 1. The average Bonchev–Trinajstić information content (AvgIpc) is 3.47. The maximum atomic E-state index is 12.9. The molecule has 0 bridgehead atoms. The minimum atomic E-state index is 0.0719. The second kappa shape index (κ2) is 8.43. The molecule has 0 spiro atoms. The molecule has 33 heavy (non-hydrogen) atoms. The van der Waals surface area contributed by atoms with Crippen LogP contribution >= 0.6 is 0 Å². The van der Waals surface area contributed by atoms with Crippen LogP contribution in [0.1, 0.15) is 54.9 Å². The van der Waals surface area contributed by atoms with E-state index in [1.165, 1.54) is 5.57 Å². The Labute approximate surface area is 194 Å². The van der Waals surface area contributed by atoms with Gasteiger partial charge in [-0.1, -0.05) is 6.08 Å². The first kappa shape index (κ1) is 21.3. The molecule has 7 nitrogen and oxygen atoms in total. The van der Waals surface area contributed by atoms with Crippen molar-refractivity contribution in [2.75, 3.05) is 13.1 Å². The summed E-state index contributed by atoms with van der Waals surface area (Å²) in [5.41, 5.74) is 6.95. The van der Waals surface area contributed by atoms with Crippen molar-refractivity contribution in [1.82, 2.24) is 29.4 Å². The third-order valence-electron chi connectivity index (χ3n) is 7.02. The quantitative estimate of drug-likeness (QED) is 0.579. The molecule has 1 atom stereocenters. The summed E-state index contributed by atoms with van der Waals surface area (Å²) in [7, 11) is 2.02. The molecule has 0 N–H and O–H groups in total. The van der Waals surface area contributed by atoms with Gasteiger partial charge in [0.2, 0.25) is 11.7 Å². The number of aryl methyl sites for hydroxylation is 3. The third kappa shape index (κ3) is 3.60. The number of carbonyl (C=O) groups excluding carboxylic acids is 1. The van der Waals surface area contributed by atoms with Crippen molar-refractivity contribution in [2.24, 2.45) is 13.0 Å². The van der Waals surface area contributed by atoms with Crippen LogP contribution in [0.15, 0.2) is 18.6 Å². The minimum Gasteiger partial charge on any atom is -0.342 e. The van der Waals surface area contributed by atoms with E-state index in [4.69, 9.17) is 6.42 Å². The summed E-state index contributed by atoms with van der Waals surface area (Å²) >= 11 is 0. The predicted octanol–water partition coefficient (Wildman–Crippen LogP) is 3.83. The lowest BCUT2D eigenvalue weighted by Crippen LogP contribution is -2.34. The van der Waals surface area contributed by atoms with E-state index in [1.54, 1.807) is 12.5 Å². The summed E-state index contributed by atoms with van der Waals surface area (Å²) in [4.78, 5) is 32.9. The van der Waals surface area contributed by atoms with E-state index in [-0.39, 0.29) is 5.92 Å². The first-order chi connectivity index (χ1) is 16.0. The fraction of sp³-hybridized carbons (Fsp3) is 0.423. The highest BCUT2D eigenvalue weighted by Crippen LogP contribution is 2.42. The molecule has 1 aliphatic carbocycles. The lowest BCUT2D eigenvalue weighted by molar-refractivity contribution is -0.134. The number of likely N-dealkylation sites (tertiary alicyclic amines) is 1. The van der Waals surface area contributed by atoms with Gasteiger partial charge in [0.15, 0.2) is 0 Å². The van der Waals surface area contributed by atoms with E-state index in [0.29, 0.717) is 11.7 Å². The van der Waals surface area contributed by atoms with Gasteiger partial charge in [-0.2, -0.15) is 0 Å². The number of aromatic nitrogens is 5. The minimum absolute atomic E-state index is 0.0719. The lowest BCUT2D eigenvalue weighted by atomic mass is 9.84. The number of fused-ring (bicyclic) bond motifs is 1. The Balaban J connectivity index is 1.62. The smallest absolute Gasteiger partial charge is 0.226 e. The molecule has 7 heteroatoms. The fourth-order valence-corrected chi connectivity index (χ4v) is 5.28. The predicted molar refractivity (Wildman–Crippen MR) is 128 cm³/mol. The van der Waals surface area contributed by atoms with Gasteiger partial charge in [-0.25, -0.2) is 19.9 Å². The highest BCUT2D eigenvalue weighted by atomic mass is 16.2. The van der Waals surface area contributed by atoms with Gasteiger partial charge < -0.3 is 9.47 Å². The zero-order chi connectivity index (χ0) is 23.1. The summed E-state index contributed by atoms with van der Waals surface area (Å²) in [5, 5.41) is 1.05. The lowest BCUT2D eigenvalue weighted by Gasteiger charge is -2.26.